The number of rotatable bonds is 6. The first-order chi connectivity index (χ1) is 10.1. The van der Waals surface area contributed by atoms with Crippen LogP contribution in [0, 0.1) is 12.8 Å². The third-order valence-corrected chi connectivity index (χ3v) is 4.48. The standard InChI is InChI=1S/C16H26N2O3/c1-12-4-5-13(21-12)8-18-9-16(20-7-6-17(2)3)14-10-19-11-15(14)18/h4-5,14-16H,6-11H2,1-3H3/t14-,15+,16-/m1/s1. The Morgan fingerprint density at radius 2 is 2.19 bits per heavy atom. The van der Waals surface area contributed by atoms with Crippen molar-refractivity contribution < 1.29 is 13.9 Å². The van der Waals surface area contributed by atoms with Crippen LogP contribution in [0.25, 0.3) is 0 Å². The van der Waals surface area contributed by atoms with E-state index in [4.69, 9.17) is 13.9 Å². The van der Waals surface area contributed by atoms with Gasteiger partial charge in [-0.3, -0.25) is 4.90 Å². The smallest absolute Gasteiger partial charge is 0.118 e. The summed E-state index contributed by atoms with van der Waals surface area (Å²) in [5, 5.41) is 0. The predicted octanol–water partition coefficient (Wildman–Crippen LogP) is 1.37. The van der Waals surface area contributed by atoms with Gasteiger partial charge < -0.3 is 18.8 Å². The van der Waals surface area contributed by atoms with Crippen molar-refractivity contribution in [1.29, 1.82) is 0 Å². The van der Waals surface area contributed by atoms with E-state index < -0.39 is 0 Å². The van der Waals surface area contributed by atoms with Crippen molar-refractivity contribution in [2.75, 3.05) is 47.0 Å². The van der Waals surface area contributed by atoms with Crippen LogP contribution < -0.4 is 0 Å². The van der Waals surface area contributed by atoms with Gasteiger partial charge >= 0.3 is 0 Å². The molecule has 3 rings (SSSR count). The van der Waals surface area contributed by atoms with Gasteiger partial charge in [-0.2, -0.15) is 0 Å². The number of likely N-dealkylation sites (N-methyl/N-ethyl adjacent to an activating group) is 1. The monoisotopic (exact) mass is 294 g/mol. The highest BCUT2D eigenvalue weighted by Crippen LogP contribution is 2.33. The largest absolute Gasteiger partial charge is 0.465 e. The molecule has 0 spiro atoms. The van der Waals surface area contributed by atoms with Crippen molar-refractivity contribution in [1.82, 2.24) is 9.80 Å². The fourth-order valence-corrected chi connectivity index (χ4v) is 3.31. The molecule has 0 unspecified atom stereocenters. The third kappa shape index (κ3) is 3.48. The van der Waals surface area contributed by atoms with Gasteiger partial charge in [0.25, 0.3) is 0 Å². The summed E-state index contributed by atoms with van der Waals surface area (Å²) >= 11 is 0. The summed E-state index contributed by atoms with van der Waals surface area (Å²) in [6.07, 6.45) is 0.286. The van der Waals surface area contributed by atoms with Gasteiger partial charge in [0.2, 0.25) is 0 Å². The quantitative estimate of drug-likeness (QED) is 0.792. The highest BCUT2D eigenvalue weighted by molar-refractivity contribution is 5.07. The average molecular weight is 294 g/mol. The number of nitrogens with zero attached hydrogens (tertiary/aromatic N) is 2. The highest BCUT2D eigenvalue weighted by atomic mass is 16.5. The maximum atomic E-state index is 6.11. The number of hydrogen-bond donors (Lipinski definition) is 0. The molecule has 0 aliphatic carbocycles. The molecule has 0 aromatic carbocycles. The van der Waals surface area contributed by atoms with E-state index in [0.717, 1.165) is 51.0 Å². The second kappa shape index (κ2) is 6.48. The van der Waals surface area contributed by atoms with Gasteiger partial charge in [-0.15, -0.1) is 0 Å². The van der Waals surface area contributed by atoms with Gasteiger partial charge in [0.1, 0.15) is 11.5 Å². The van der Waals surface area contributed by atoms with Crippen molar-refractivity contribution in [2.45, 2.75) is 25.6 Å². The summed E-state index contributed by atoms with van der Waals surface area (Å²) in [5.41, 5.74) is 0. The Labute approximate surface area is 126 Å². The van der Waals surface area contributed by atoms with Crippen LogP contribution in [0.5, 0.6) is 0 Å². The van der Waals surface area contributed by atoms with Crippen molar-refractivity contribution in [3.05, 3.63) is 23.7 Å². The van der Waals surface area contributed by atoms with Crippen molar-refractivity contribution >= 4 is 0 Å². The fourth-order valence-electron chi connectivity index (χ4n) is 3.31. The maximum Gasteiger partial charge on any atom is 0.118 e. The Kier molecular flexibility index (Phi) is 4.64. The van der Waals surface area contributed by atoms with Crippen LogP contribution in [0.15, 0.2) is 16.5 Å². The van der Waals surface area contributed by atoms with Crippen LogP contribution in [0.1, 0.15) is 11.5 Å². The lowest BCUT2D eigenvalue weighted by Gasteiger charge is -2.20. The van der Waals surface area contributed by atoms with Crippen LogP contribution in [0.2, 0.25) is 0 Å². The Morgan fingerprint density at radius 1 is 1.33 bits per heavy atom. The molecule has 118 valence electrons. The number of furan rings is 1. The van der Waals surface area contributed by atoms with E-state index in [2.05, 4.69) is 30.0 Å². The summed E-state index contributed by atoms with van der Waals surface area (Å²) in [5.74, 6) is 2.51. The molecule has 3 heterocycles. The molecule has 5 nitrogen and oxygen atoms in total. The molecule has 2 aliphatic rings. The Balaban J connectivity index is 1.58. The second-order valence-electron chi connectivity index (χ2n) is 6.42. The zero-order valence-electron chi connectivity index (χ0n) is 13.2. The molecule has 0 saturated carbocycles. The number of ether oxygens (including phenoxy) is 2. The van der Waals surface area contributed by atoms with E-state index in [9.17, 15) is 0 Å². The first-order valence-corrected chi connectivity index (χ1v) is 7.77. The van der Waals surface area contributed by atoms with E-state index >= 15 is 0 Å². The minimum atomic E-state index is 0.286. The molecule has 0 radical (unpaired) electrons. The van der Waals surface area contributed by atoms with Gasteiger partial charge in [0.15, 0.2) is 0 Å². The van der Waals surface area contributed by atoms with E-state index in [0.29, 0.717) is 12.0 Å². The van der Waals surface area contributed by atoms with Gasteiger partial charge in [0, 0.05) is 25.0 Å². The van der Waals surface area contributed by atoms with Crippen LogP contribution in [-0.2, 0) is 16.0 Å². The summed E-state index contributed by atoms with van der Waals surface area (Å²) in [7, 11) is 4.15. The van der Waals surface area contributed by atoms with E-state index in [1.807, 2.05) is 13.0 Å². The maximum absolute atomic E-state index is 6.11. The number of hydrogen-bond acceptors (Lipinski definition) is 5. The first-order valence-electron chi connectivity index (χ1n) is 7.77. The topological polar surface area (TPSA) is 38.1 Å². The summed E-state index contributed by atoms with van der Waals surface area (Å²) < 4.78 is 17.5. The van der Waals surface area contributed by atoms with Crippen LogP contribution in [-0.4, -0.2) is 69.0 Å². The molecular weight excluding hydrogens is 268 g/mol. The molecular formula is C16H26N2O3. The van der Waals surface area contributed by atoms with E-state index in [-0.39, 0.29) is 6.10 Å². The normalized spacial score (nSPS) is 29.4. The Hall–Kier alpha value is -0.880. The molecule has 2 fully saturated rings. The first kappa shape index (κ1) is 15.0. The van der Waals surface area contributed by atoms with Crippen molar-refractivity contribution in [2.24, 2.45) is 5.92 Å². The van der Waals surface area contributed by atoms with Crippen molar-refractivity contribution in [3.63, 3.8) is 0 Å². The summed E-state index contributed by atoms with van der Waals surface area (Å²) in [6, 6.07) is 4.57. The van der Waals surface area contributed by atoms with Gasteiger partial charge in [-0.05, 0) is 33.2 Å². The molecule has 21 heavy (non-hydrogen) atoms. The zero-order valence-corrected chi connectivity index (χ0v) is 13.2. The number of fused-ring (bicyclic) bond motifs is 1. The molecule has 1 aromatic heterocycles. The molecule has 5 heteroatoms. The SMILES string of the molecule is Cc1ccc(CN2C[C@@H](OCCN(C)C)[C@@H]3COC[C@@H]32)o1. The van der Waals surface area contributed by atoms with Crippen LogP contribution >= 0.6 is 0 Å². The minimum Gasteiger partial charge on any atom is -0.465 e. The summed E-state index contributed by atoms with van der Waals surface area (Å²) in [6.45, 7) is 7.21. The van der Waals surface area contributed by atoms with Gasteiger partial charge in [-0.1, -0.05) is 0 Å². The molecule has 2 saturated heterocycles. The van der Waals surface area contributed by atoms with Gasteiger partial charge in [-0.25, -0.2) is 0 Å². The molecule has 0 amide bonds. The molecule has 2 aliphatic heterocycles. The molecule has 0 bridgehead atoms. The zero-order chi connectivity index (χ0) is 14.8. The van der Waals surface area contributed by atoms with E-state index in [1.54, 1.807) is 0 Å². The number of likely N-dealkylation sites (tertiary alicyclic amines) is 1. The fraction of sp³-hybridized carbons (Fsp3) is 0.750. The minimum absolute atomic E-state index is 0.286. The predicted molar refractivity (Wildman–Crippen MR) is 80.2 cm³/mol. The van der Waals surface area contributed by atoms with Crippen molar-refractivity contribution in [3.8, 4) is 0 Å². The average Bonchev–Trinajstić information content (AvgIpc) is 3.09. The molecule has 0 N–H and O–H groups in total. The van der Waals surface area contributed by atoms with Gasteiger partial charge in [0.05, 0.1) is 32.5 Å². The number of aryl methyl sites for hydroxylation is 1. The summed E-state index contributed by atoms with van der Waals surface area (Å²) in [4.78, 5) is 4.61. The molecule has 1 aromatic rings. The van der Waals surface area contributed by atoms with Crippen LogP contribution in [0.3, 0.4) is 0 Å². The molecule has 3 atom stereocenters. The lowest BCUT2D eigenvalue weighted by molar-refractivity contribution is 0.0129. The third-order valence-electron chi connectivity index (χ3n) is 4.48. The Morgan fingerprint density at radius 3 is 2.90 bits per heavy atom. The lowest BCUT2D eigenvalue weighted by Crippen LogP contribution is -2.32. The van der Waals surface area contributed by atoms with E-state index in [1.165, 1.54) is 0 Å². The Bertz CT molecular complexity index is 460. The van der Waals surface area contributed by atoms with Crippen LogP contribution in [0.4, 0.5) is 0 Å². The lowest BCUT2D eigenvalue weighted by atomic mass is 10.0. The second-order valence-corrected chi connectivity index (χ2v) is 6.42. The highest BCUT2D eigenvalue weighted by Gasteiger charge is 2.46.